The van der Waals surface area contributed by atoms with Gasteiger partial charge in [0.15, 0.2) is 5.69 Å². The average Bonchev–Trinajstić information content (AvgIpc) is 2.39. The Balaban J connectivity index is 2.15. The van der Waals surface area contributed by atoms with Crippen LogP contribution in [0.5, 0.6) is 11.6 Å². The number of aromatic nitrogens is 2. The summed E-state index contributed by atoms with van der Waals surface area (Å²) >= 11 is 0. The Labute approximate surface area is 104 Å². The number of carboxylic acids is 1. The summed E-state index contributed by atoms with van der Waals surface area (Å²) in [5.41, 5.74) is 1.05. The zero-order valence-corrected chi connectivity index (χ0v) is 9.83. The van der Waals surface area contributed by atoms with Gasteiger partial charge < -0.3 is 9.84 Å². The lowest BCUT2D eigenvalue weighted by atomic mass is 10.2. The molecule has 0 amide bonds. The fourth-order valence-electron chi connectivity index (χ4n) is 1.43. The first-order chi connectivity index (χ1) is 8.69. The number of benzene rings is 1. The molecule has 18 heavy (non-hydrogen) atoms. The molecule has 1 aromatic heterocycles. The fourth-order valence-corrected chi connectivity index (χ4v) is 1.43. The summed E-state index contributed by atoms with van der Waals surface area (Å²) in [4.78, 5) is 18.2. The van der Waals surface area contributed by atoms with E-state index in [4.69, 9.17) is 9.84 Å². The highest BCUT2D eigenvalue weighted by Gasteiger charge is 2.06. The SMILES string of the molecule is CCc1cccc(Oc2cnc(C(=O)O)cn2)c1. The second-order valence-corrected chi connectivity index (χ2v) is 3.65. The molecule has 0 saturated heterocycles. The number of carboxylic acid groups (broad SMARTS) is 1. The van der Waals surface area contributed by atoms with Crippen LogP contribution in [0.2, 0.25) is 0 Å². The van der Waals surface area contributed by atoms with E-state index in [0.717, 1.165) is 12.0 Å². The highest BCUT2D eigenvalue weighted by atomic mass is 16.5. The Kier molecular flexibility index (Phi) is 3.52. The van der Waals surface area contributed by atoms with E-state index in [1.54, 1.807) is 0 Å². The molecule has 0 bridgehead atoms. The van der Waals surface area contributed by atoms with Crippen LogP contribution in [0.25, 0.3) is 0 Å². The maximum absolute atomic E-state index is 10.6. The molecular weight excluding hydrogens is 232 g/mol. The molecule has 0 saturated carbocycles. The first kappa shape index (κ1) is 12.0. The van der Waals surface area contributed by atoms with E-state index >= 15 is 0 Å². The summed E-state index contributed by atoms with van der Waals surface area (Å²) in [5, 5.41) is 8.69. The van der Waals surface area contributed by atoms with Gasteiger partial charge in [0.1, 0.15) is 5.75 Å². The van der Waals surface area contributed by atoms with Gasteiger partial charge in [0.25, 0.3) is 0 Å². The lowest BCUT2D eigenvalue weighted by molar-refractivity contribution is 0.0690. The van der Waals surface area contributed by atoms with E-state index in [9.17, 15) is 4.79 Å². The minimum atomic E-state index is -1.11. The van der Waals surface area contributed by atoms with Crippen molar-refractivity contribution in [3.05, 3.63) is 47.9 Å². The van der Waals surface area contributed by atoms with Gasteiger partial charge in [-0.05, 0) is 24.1 Å². The Bertz CT molecular complexity index is 552. The van der Waals surface area contributed by atoms with Gasteiger partial charge in [-0.25, -0.2) is 14.8 Å². The number of rotatable bonds is 4. The predicted octanol–water partition coefficient (Wildman–Crippen LogP) is 2.53. The van der Waals surface area contributed by atoms with Crippen LogP contribution in [0, 0.1) is 0 Å². The van der Waals surface area contributed by atoms with Crippen molar-refractivity contribution < 1.29 is 14.6 Å². The molecule has 5 heteroatoms. The molecule has 0 unspecified atom stereocenters. The molecule has 92 valence electrons. The van der Waals surface area contributed by atoms with Gasteiger partial charge in [-0.3, -0.25) is 0 Å². The number of carbonyl (C=O) groups is 1. The van der Waals surface area contributed by atoms with Gasteiger partial charge in [-0.1, -0.05) is 19.1 Å². The van der Waals surface area contributed by atoms with E-state index in [1.165, 1.54) is 12.4 Å². The summed E-state index contributed by atoms with van der Waals surface area (Å²) in [6.45, 7) is 2.06. The number of aromatic carboxylic acids is 1. The molecule has 1 N–H and O–H groups in total. The van der Waals surface area contributed by atoms with E-state index in [2.05, 4.69) is 16.9 Å². The normalized spacial score (nSPS) is 10.1. The van der Waals surface area contributed by atoms with Gasteiger partial charge in [-0.2, -0.15) is 0 Å². The first-order valence-electron chi connectivity index (χ1n) is 5.51. The van der Waals surface area contributed by atoms with Crippen molar-refractivity contribution in [2.24, 2.45) is 0 Å². The van der Waals surface area contributed by atoms with Crippen molar-refractivity contribution in [1.29, 1.82) is 0 Å². The Hall–Kier alpha value is -2.43. The number of hydrogen-bond donors (Lipinski definition) is 1. The van der Waals surface area contributed by atoms with Crippen LogP contribution in [0.3, 0.4) is 0 Å². The molecule has 1 aromatic carbocycles. The molecule has 2 aromatic rings. The zero-order chi connectivity index (χ0) is 13.0. The van der Waals surface area contributed by atoms with Crippen molar-refractivity contribution in [2.45, 2.75) is 13.3 Å². The summed E-state index contributed by atoms with van der Waals surface area (Å²) in [6.07, 6.45) is 3.38. The van der Waals surface area contributed by atoms with Crippen molar-refractivity contribution in [2.75, 3.05) is 0 Å². The van der Waals surface area contributed by atoms with Crippen LogP contribution < -0.4 is 4.74 Å². The average molecular weight is 244 g/mol. The van der Waals surface area contributed by atoms with Crippen LogP contribution in [0.1, 0.15) is 23.0 Å². The van der Waals surface area contributed by atoms with Gasteiger partial charge in [0.2, 0.25) is 5.88 Å². The van der Waals surface area contributed by atoms with Crippen molar-refractivity contribution in [3.63, 3.8) is 0 Å². The smallest absolute Gasteiger partial charge is 0.356 e. The maximum atomic E-state index is 10.6. The third-order valence-electron chi connectivity index (χ3n) is 2.38. The quantitative estimate of drug-likeness (QED) is 0.894. The van der Waals surface area contributed by atoms with Gasteiger partial charge in [0.05, 0.1) is 12.4 Å². The van der Waals surface area contributed by atoms with Crippen LogP contribution >= 0.6 is 0 Å². The van der Waals surface area contributed by atoms with Gasteiger partial charge in [-0.15, -0.1) is 0 Å². The maximum Gasteiger partial charge on any atom is 0.356 e. The first-order valence-corrected chi connectivity index (χ1v) is 5.51. The van der Waals surface area contributed by atoms with Crippen LogP contribution in [0.4, 0.5) is 0 Å². The van der Waals surface area contributed by atoms with E-state index in [0.29, 0.717) is 5.75 Å². The number of hydrogen-bond acceptors (Lipinski definition) is 4. The van der Waals surface area contributed by atoms with E-state index < -0.39 is 5.97 Å². The second kappa shape index (κ2) is 5.27. The molecule has 0 radical (unpaired) electrons. The van der Waals surface area contributed by atoms with E-state index in [1.807, 2.05) is 24.3 Å². The highest BCUT2D eigenvalue weighted by molar-refractivity contribution is 5.84. The Morgan fingerprint density at radius 2 is 2.17 bits per heavy atom. The van der Waals surface area contributed by atoms with Crippen molar-refractivity contribution >= 4 is 5.97 Å². The minimum absolute atomic E-state index is 0.107. The minimum Gasteiger partial charge on any atom is -0.476 e. The molecular formula is C13H12N2O3. The number of ether oxygens (including phenoxy) is 1. The molecule has 0 aliphatic heterocycles. The molecule has 0 spiro atoms. The molecule has 1 heterocycles. The monoisotopic (exact) mass is 244 g/mol. The van der Waals surface area contributed by atoms with Crippen LogP contribution in [-0.4, -0.2) is 21.0 Å². The molecule has 0 aliphatic rings. The largest absolute Gasteiger partial charge is 0.476 e. The third-order valence-corrected chi connectivity index (χ3v) is 2.38. The molecule has 0 fully saturated rings. The Morgan fingerprint density at radius 1 is 1.33 bits per heavy atom. The fraction of sp³-hybridized carbons (Fsp3) is 0.154. The molecule has 0 aliphatic carbocycles. The van der Waals surface area contributed by atoms with Crippen molar-refractivity contribution in [1.82, 2.24) is 9.97 Å². The zero-order valence-electron chi connectivity index (χ0n) is 9.83. The molecule has 2 rings (SSSR count). The van der Waals surface area contributed by atoms with Crippen LogP contribution in [-0.2, 0) is 6.42 Å². The standard InChI is InChI=1S/C13H12N2O3/c1-2-9-4-3-5-10(6-9)18-12-8-14-11(7-15-12)13(16)17/h3-8H,2H2,1H3,(H,16,17). The third kappa shape index (κ3) is 2.82. The number of nitrogens with zero attached hydrogens (tertiary/aromatic N) is 2. The highest BCUT2D eigenvalue weighted by Crippen LogP contribution is 2.19. The predicted molar refractivity (Wildman–Crippen MR) is 64.9 cm³/mol. The molecule has 5 nitrogen and oxygen atoms in total. The van der Waals surface area contributed by atoms with Gasteiger partial charge >= 0.3 is 5.97 Å². The second-order valence-electron chi connectivity index (χ2n) is 3.65. The summed E-state index contributed by atoms with van der Waals surface area (Å²) < 4.78 is 5.49. The summed E-state index contributed by atoms with van der Waals surface area (Å²) in [7, 11) is 0. The lowest BCUT2D eigenvalue weighted by Gasteiger charge is -2.05. The topological polar surface area (TPSA) is 72.3 Å². The van der Waals surface area contributed by atoms with E-state index in [-0.39, 0.29) is 11.6 Å². The lowest BCUT2D eigenvalue weighted by Crippen LogP contribution is -2.01. The number of aryl methyl sites for hydroxylation is 1. The molecule has 0 atom stereocenters. The van der Waals surface area contributed by atoms with Crippen LogP contribution in [0.15, 0.2) is 36.7 Å². The summed E-state index contributed by atoms with van der Waals surface area (Å²) in [6, 6.07) is 7.62. The summed E-state index contributed by atoms with van der Waals surface area (Å²) in [5.74, 6) is -0.179. The Morgan fingerprint density at radius 3 is 2.78 bits per heavy atom. The van der Waals surface area contributed by atoms with Gasteiger partial charge in [0, 0.05) is 0 Å². The van der Waals surface area contributed by atoms with Crippen molar-refractivity contribution in [3.8, 4) is 11.6 Å².